The van der Waals surface area contributed by atoms with Crippen molar-refractivity contribution >= 4 is 11.1 Å². The van der Waals surface area contributed by atoms with Gasteiger partial charge in [-0.25, -0.2) is 4.79 Å². The summed E-state index contributed by atoms with van der Waals surface area (Å²) in [4.78, 5) is 16.0. The Hall–Kier alpha value is -1.59. The van der Waals surface area contributed by atoms with Gasteiger partial charge in [-0.2, -0.15) is 0 Å². The van der Waals surface area contributed by atoms with E-state index in [9.17, 15) is 4.79 Å². The molecule has 1 unspecified atom stereocenters. The number of aromatic amines is 1. The summed E-state index contributed by atoms with van der Waals surface area (Å²) in [7, 11) is 4.06. The normalized spacial score (nSPS) is 14.2. The van der Waals surface area contributed by atoms with Crippen molar-refractivity contribution in [1.29, 1.82) is 0 Å². The highest BCUT2D eigenvalue weighted by Gasteiger charge is 2.31. The maximum absolute atomic E-state index is 11.2. The summed E-state index contributed by atoms with van der Waals surface area (Å²) in [5, 5.41) is 0. The van der Waals surface area contributed by atoms with Crippen LogP contribution in [0.5, 0.6) is 0 Å². The largest absolute Gasteiger partial charge is 0.417 e. The lowest BCUT2D eigenvalue weighted by Gasteiger charge is -2.38. The van der Waals surface area contributed by atoms with Gasteiger partial charge in [-0.1, -0.05) is 19.9 Å². The molecule has 19 heavy (non-hydrogen) atoms. The van der Waals surface area contributed by atoms with E-state index in [0.717, 1.165) is 11.1 Å². The van der Waals surface area contributed by atoms with Gasteiger partial charge in [0.05, 0.1) is 5.52 Å². The SMILES string of the molecule is CN(C)C(c1ccc2oc(=O)[nH]c2c1)C(C)(C)CN. The van der Waals surface area contributed by atoms with Crippen molar-refractivity contribution < 1.29 is 4.42 Å². The van der Waals surface area contributed by atoms with E-state index in [2.05, 4.69) is 23.7 Å². The van der Waals surface area contributed by atoms with Gasteiger partial charge in [-0.05, 0) is 43.8 Å². The van der Waals surface area contributed by atoms with Gasteiger partial charge < -0.3 is 15.1 Å². The molecule has 2 rings (SSSR count). The molecule has 1 atom stereocenters. The van der Waals surface area contributed by atoms with Crippen molar-refractivity contribution in [3.63, 3.8) is 0 Å². The molecule has 104 valence electrons. The average molecular weight is 263 g/mol. The zero-order chi connectivity index (χ0) is 14.2. The van der Waals surface area contributed by atoms with E-state index in [4.69, 9.17) is 10.2 Å². The van der Waals surface area contributed by atoms with E-state index < -0.39 is 5.76 Å². The van der Waals surface area contributed by atoms with Crippen molar-refractivity contribution in [3.8, 4) is 0 Å². The molecule has 0 amide bonds. The Morgan fingerprint density at radius 2 is 2.11 bits per heavy atom. The first-order valence-electron chi connectivity index (χ1n) is 6.34. The van der Waals surface area contributed by atoms with E-state index in [-0.39, 0.29) is 11.5 Å². The smallest absolute Gasteiger partial charge is 0.408 e. The molecule has 0 aliphatic carbocycles. The van der Waals surface area contributed by atoms with Crippen LogP contribution < -0.4 is 11.5 Å². The van der Waals surface area contributed by atoms with E-state index in [1.807, 2.05) is 32.3 Å². The Morgan fingerprint density at radius 3 is 2.68 bits per heavy atom. The van der Waals surface area contributed by atoms with Crippen LogP contribution in [0, 0.1) is 5.41 Å². The first-order valence-corrected chi connectivity index (χ1v) is 6.34. The highest BCUT2D eigenvalue weighted by atomic mass is 16.4. The van der Waals surface area contributed by atoms with Crippen LogP contribution >= 0.6 is 0 Å². The van der Waals surface area contributed by atoms with E-state index in [1.54, 1.807) is 0 Å². The first-order chi connectivity index (χ1) is 8.85. The molecule has 0 spiro atoms. The van der Waals surface area contributed by atoms with Crippen molar-refractivity contribution in [2.75, 3.05) is 20.6 Å². The molecule has 0 saturated heterocycles. The van der Waals surface area contributed by atoms with E-state index >= 15 is 0 Å². The molecule has 0 saturated carbocycles. The van der Waals surface area contributed by atoms with Crippen LogP contribution in [-0.2, 0) is 0 Å². The molecule has 3 N–H and O–H groups in total. The number of aromatic nitrogens is 1. The fraction of sp³-hybridized carbons (Fsp3) is 0.500. The number of hydrogen-bond donors (Lipinski definition) is 2. The van der Waals surface area contributed by atoms with Crippen LogP contribution in [0.2, 0.25) is 0 Å². The van der Waals surface area contributed by atoms with Crippen molar-refractivity contribution in [2.24, 2.45) is 11.1 Å². The van der Waals surface area contributed by atoms with Crippen LogP contribution in [0.25, 0.3) is 11.1 Å². The lowest BCUT2D eigenvalue weighted by Crippen LogP contribution is -2.38. The molecule has 0 bridgehead atoms. The summed E-state index contributed by atoms with van der Waals surface area (Å²) in [6, 6.07) is 5.94. The standard InChI is InChI=1S/C14H21N3O2/c1-14(2,8-15)12(17(3)4)9-5-6-11-10(7-9)16-13(18)19-11/h5-7,12H,8,15H2,1-4H3,(H,16,18). The van der Waals surface area contributed by atoms with Gasteiger partial charge in [0.25, 0.3) is 0 Å². The number of nitrogens with zero attached hydrogens (tertiary/aromatic N) is 1. The highest BCUT2D eigenvalue weighted by Crippen LogP contribution is 2.36. The van der Waals surface area contributed by atoms with Crippen molar-refractivity contribution in [1.82, 2.24) is 9.88 Å². The predicted octanol–water partition coefficient (Wildman–Crippen LogP) is 1.71. The molecular weight excluding hydrogens is 242 g/mol. The maximum Gasteiger partial charge on any atom is 0.417 e. The Balaban J connectivity index is 2.53. The molecule has 1 aromatic heterocycles. The zero-order valence-corrected chi connectivity index (χ0v) is 11.9. The number of H-pyrrole nitrogens is 1. The van der Waals surface area contributed by atoms with Gasteiger partial charge in [0.1, 0.15) is 0 Å². The topological polar surface area (TPSA) is 75.3 Å². The molecule has 1 heterocycles. The van der Waals surface area contributed by atoms with Crippen molar-refractivity contribution in [2.45, 2.75) is 19.9 Å². The summed E-state index contributed by atoms with van der Waals surface area (Å²) in [5.41, 5.74) is 8.25. The Morgan fingerprint density at radius 1 is 1.42 bits per heavy atom. The summed E-state index contributed by atoms with van der Waals surface area (Å²) in [6.45, 7) is 4.86. The molecule has 0 aliphatic rings. The monoisotopic (exact) mass is 263 g/mol. The molecule has 5 nitrogen and oxygen atoms in total. The number of rotatable bonds is 4. The minimum atomic E-state index is -0.424. The molecule has 5 heteroatoms. The lowest BCUT2D eigenvalue weighted by atomic mass is 9.79. The second-order valence-corrected chi connectivity index (χ2v) is 5.83. The van der Waals surface area contributed by atoms with Gasteiger partial charge in [-0.3, -0.25) is 4.98 Å². The highest BCUT2D eigenvalue weighted by molar-refractivity contribution is 5.73. The summed E-state index contributed by atoms with van der Waals surface area (Å²) in [6.07, 6.45) is 0. The van der Waals surface area contributed by atoms with Gasteiger partial charge in [0.2, 0.25) is 0 Å². The maximum atomic E-state index is 11.2. The second kappa shape index (κ2) is 4.83. The molecular formula is C14H21N3O2. The molecule has 1 aromatic carbocycles. The number of hydrogen-bond acceptors (Lipinski definition) is 4. The number of nitrogens with two attached hydrogens (primary N) is 1. The Labute approximate surface area is 112 Å². The number of benzene rings is 1. The number of oxazole rings is 1. The van der Waals surface area contributed by atoms with Crippen LogP contribution in [0.1, 0.15) is 25.5 Å². The third kappa shape index (κ3) is 2.57. The lowest BCUT2D eigenvalue weighted by molar-refractivity contribution is 0.143. The third-order valence-electron chi connectivity index (χ3n) is 3.54. The number of fused-ring (bicyclic) bond motifs is 1. The summed E-state index contributed by atoms with van der Waals surface area (Å²) >= 11 is 0. The average Bonchev–Trinajstić information content (AvgIpc) is 2.67. The fourth-order valence-electron chi connectivity index (χ4n) is 2.70. The fourth-order valence-corrected chi connectivity index (χ4v) is 2.70. The zero-order valence-electron chi connectivity index (χ0n) is 11.9. The number of nitrogens with one attached hydrogen (secondary N) is 1. The molecule has 0 aliphatic heterocycles. The third-order valence-corrected chi connectivity index (χ3v) is 3.54. The molecule has 0 radical (unpaired) electrons. The predicted molar refractivity (Wildman–Crippen MR) is 76.1 cm³/mol. The second-order valence-electron chi connectivity index (χ2n) is 5.83. The first kappa shape index (κ1) is 13.8. The van der Waals surface area contributed by atoms with Crippen LogP contribution in [0.3, 0.4) is 0 Å². The van der Waals surface area contributed by atoms with Crippen molar-refractivity contribution in [3.05, 3.63) is 34.3 Å². The summed E-state index contributed by atoms with van der Waals surface area (Å²) < 4.78 is 5.03. The minimum absolute atomic E-state index is 0.0682. The summed E-state index contributed by atoms with van der Waals surface area (Å²) in [5.74, 6) is -0.424. The van der Waals surface area contributed by atoms with Crippen LogP contribution in [0.4, 0.5) is 0 Å². The van der Waals surface area contributed by atoms with E-state index in [0.29, 0.717) is 12.1 Å². The van der Waals surface area contributed by atoms with E-state index in [1.165, 1.54) is 0 Å². The minimum Gasteiger partial charge on any atom is -0.408 e. The van der Waals surface area contributed by atoms with Gasteiger partial charge in [0, 0.05) is 6.04 Å². The molecule has 2 aromatic rings. The van der Waals surface area contributed by atoms with Gasteiger partial charge in [0.15, 0.2) is 5.58 Å². The quantitative estimate of drug-likeness (QED) is 0.880. The van der Waals surface area contributed by atoms with Gasteiger partial charge in [-0.15, -0.1) is 0 Å². The van der Waals surface area contributed by atoms with Crippen LogP contribution in [-0.4, -0.2) is 30.5 Å². The Bertz CT molecular complexity index is 625. The van der Waals surface area contributed by atoms with Crippen LogP contribution in [0.15, 0.2) is 27.4 Å². The Kier molecular flexibility index (Phi) is 3.52. The molecule has 0 fully saturated rings. The van der Waals surface area contributed by atoms with Gasteiger partial charge >= 0.3 is 5.76 Å².